The lowest BCUT2D eigenvalue weighted by Gasteiger charge is -2.14. The minimum absolute atomic E-state index is 0.0311. The van der Waals surface area contributed by atoms with Gasteiger partial charge >= 0.3 is 0 Å². The molecule has 0 radical (unpaired) electrons. The Hall–Kier alpha value is -2.83. The molecule has 4 N–H and O–H groups in total. The van der Waals surface area contributed by atoms with Crippen molar-refractivity contribution < 1.29 is 15.0 Å². The van der Waals surface area contributed by atoms with Crippen LogP contribution in [-0.4, -0.2) is 30.9 Å². The molecule has 2 heterocycles. The van der Waals surface area contributed by atoms with Crippen molar-refractivity contribution in [1.82, 2.24) is 14.8 Å². The van der Waals surface area contributed by atoms with Crippen LogP contribution < -0.4 is 5.73 Å². The van der Waals surface area contributed by atoms with Crippen LogP contribution in [0.25, 0.3) is 11.4 Å². The quantitative estimate of drug-likeness (QED) is 0.656. The van der Waals surface area contributed by atoms with Crippen molar-refractivity contribution in [2.45, 2.75) is 13.0 Å². The second-order valence-electron chi connectivity index (χ2n) is 4.50. The predicted molar refractivity (Wildman–Crippen MR) is 70.1 cm³/mol. The zero-order valence-electron chi connectivity index (χ0n) is 10.4. The van der Waals surface area contributed by atoms with E-state index in [1.165, 1.54) is 10.6 Å². The first kappa shape index (κ1) is 12.2. The molecule has 1 aliphatic heterocycles. The number of aromatic nitrogens is 3. The Morgan fingerprint density at radius 2 is 2.05 bits per heavy atom. The van der Waals surface area contributed by atoms with Gasteiger partial charge in [-0.25, -0.2) is 0 Å². The standard InChI is InChI=1S/C13H12N4O3/c14-11(20)13-16-15-12-10-7(3-1-2-4-17(12)13)5-8(18)6-9(10)19/h1-2,5-6,18-19H,3-4H2,(H2,14,20). The van der Waals surface area contributed by atoms with Crippen LogP contribution in [-0.2, 0) is 13.0 Å². The molecule has 0 saturated heterocycles. The first-order valence-corrected chi connectivity index (χ1v) is 6.01. The summed E-state index contributed by atoms with van der Waals surface area (Å²) in [4.78, 5) is 11.4. The zero-order chi connectivity index (χ0) is 14.3. The van der Waals surface area contributed by atoms with Crippen LogP contribution in [0.3, 0.4) is 0 Å². The number of phenols is 2. The summed E-state index contributed by atoms with van der Waals surface area (Å²) in [6.07, 6.45) is 4.27. The van der Waals surface area contributed by atoms with Crippen molar-refractivity contribution in [2.24, 2.45) is 5.73 Å². The Morgan fingerprint density at radius 3 is 2.80 bits per heavy atom. The van der Waals surface area contributed by atoms with Gasteiger partial charge in [-0.2, -0.15) is 0 Å². The molecular formula is C13H12N4O3. The summed E-state index contributed by atoms with van der Waals surface area (Å²) < 4.78 is 1.54. The average Bonchev–Trinajstić information content (AvgIpc) is 2.74. The Morgan fingerprint density at radius 1 is 1.25 bits per heavy atom. The number of primary amides is 1. The minimum atomic E-state index is -0.683. The fourth-order valence-corrected chi connectivity index (χ4v) is 2.32. The van der Waals surface area contributed by atoms with Crippen LogP contribution >= 0.6 is 0 Å². The lowest BCUT2D eigenvalue weighted by molar-refractivity contribution is 0.0986. The number of hydrogen-bond donors (Lipinski definition) is 3. The molecule has 0 unspecified atom stereocenters. The van der Waals surface area contributed by atoms with Gasteiger partial charge in [-0.05, 0) is 18.1 Å². The van der Waals surface area contributed by atoms with Crippen molar-refractivity contribution in [2.75, 3.05) is 0 Å². The summed E-state index contributed by atoms with van der Waals surface area (Å²) in [5, 5.41) is 27.4. The number of allylic oxidation sites excluding steroid dienone is 2. The molecule has 102 valence electrons. The van der Waals surface area contributed by atoms with E-state index < -0.39 is 5.91 Å². The molecule has 0 saturated carbocycles. The van der Waals surface area contributed by atoms with E-state index in [1.54, 1.807) is 6.07 Å². The molecule has 7 nitrogen and oxygen atoms in total. The molecule has 1 aromatic heterocycles. The summed E-state index contributed by atoms with van der Waals surface area (Å²) in [5.41, 5.74) is 6.41. The third-order valence-corrected chi connectivity index (χ3v) is 3.17. The molecular weight excluding hydrogens is 260 g/mol. The van der Waals surface area contributed by atoms with Crippen molar-refractivity contribution in [1.29, 1.82) is 0 Å². The maximum absolute atomic E-state index is 11.4. The van der Waals surface area contributed by atoms with E-state index in [1.807, 2.05) is 12.2 Å². The average molecular weight is 272 g/mol. The highest BCUT2D eigenvalue weighted by molar-refractivity contribution is 5.90. The monoisotopic (exact) mass is 272 g/mol. The van der Waals surface area contributed by atoms with Gasteiger partial charge in [0.25, 0.3) is 5.91 Å². The number of phenolic OH excluding ortho intramolecular Hbond substituents is 2. The van der Waals surface area contributed by atoms with Gasteiger partial charge in [0.15, 0.2) is 5.82 Å². The number of hydrogen-bond acceptors (Lipinski definition) is 5. The number of nitrogens with zero attached hydrogens (tertiary/aromatic N) is 3. The Labute approximate surface area is 114 Å². The summed E-state index contributed by atoms with van der Waals surface area (Å²) in [6, 6.07) is 2.78. The molecule has 0 aliphatic carbocycles. The Balaban J connectivity index is 2.31. The van der Waals surface area contributed by atoms with Crippen molar-refractivity contribution in [3.05, 3.63) is 35.7 Å². The second-order valence-corrected chi connectivity index (χ2v) is 4.50. The smallest absolute Gasteiger partial charge is 0.286 e. The van der Waals surface area contributed by atoms with Gasteiger partial charge < -0.3 is 15.9 Å². The number of fused-ring (bicyclic) bond motifs is 3. The summed E-state index contributed by atoms with van der Waals surface area (Å²) in [6.45, 7) is 0.389. The van der Waals surface area contributed by atoms with Crippen LogP contribution in [0.4, 0.5) is 0 Å². The van der Waals surface area contributed by atoms with Crippen molar-refractivity contribution in [3.63, 3.8) is 0 Å². The number of nitrogens with two attached hydrogens (primary N) is 1. The number of benzene rings is 1. The number of carbonyl (C=O) groups is 1. The first-order chi connectivity index (χ1) is 9.58. The highest BCUT2D eigenvalue weighted by Gasteiger charge is 2.23. The molecule has 20 heavy (non-hydrogen) atoms. The lowest BCUT2D eigenvalue weighted by Crippen LogP contribution is -2.19. The first-order valence-electron chi connectivity index (χ1n) is 6.01. The Kier molecular flexibility index (Phi) is 2.67. The summed E-state index contributed by atoms with van der Waals surface area (Å²) in [5.74, 6) is -0.436. The van der Waals surface area contributed by atoms with Gasteiger partial charge in [-0.1, -0.05) is 12.2 Å². The minimum Gasteiger partial charge on any atom is -0.508 e. The van der Waals surface area contributed by atoms with Gasteiger partial charge in [-0.3, -0.25) is 9.36 Å². The molecule has 7 heteroatoms. The van der Waals surface area contributed by atoms with Crippen molar-refractivity contribution >= 4 is 5.91 Å². The fourth-order valence-electron chi connectivity index (χ4n) is 2.32. The SMILES string of the molecule is NC(=O)c1nnc2n1CC=CCc1cc(O)cc(O)c1-2. The van der Waals surface area contributed by atoms with Gasteiger partial charge in [0.2, 0.25) is 5.82 Å². The number of rotatable bonds is 1. The maximum atomic E-state index is 11.4. The van der Waals surface area contributed by atoms with E-state index in [9.17, 15) is 15.0 Å². The van der Waals surface area contributed by atoms with Gasteiger partial charge in [0, 0.05) is 12.6 Å². The zero-order valence-corrected chi connectivity index (χ0v) is 10.4. The maximum Gasteiger partial charge on any atom is 0.286 e. The molecule has 0 fully saturated rings. The second kappa shape index (κ2) is 4.37. The fraction of sp³-hybridized carbons (Fsp3) is 0.154. The normalized spacial score (nSPS) is 13.2. The molecule has 0 spiro atoms. The van der Waals surface area contributed by atoms with Crippen LogP contribution in [0.15, 0.2) is 24.3 Å². The van der Waals surface area contributed by atoms with Gasteiger partial charge in [0.1, 0.15) is 11.5 Å². The largest absolute Gasteiger partial charge is 0.508 e. The highest BCUT2D eigenvalue weighted by Crippen LogP contribution is 2.36. The highest BCUT2D eigenvalue weighted by atomic mass is 16.3. The van der Waals surface area contributed by atoms with Crippen LogP contribution in [0.1, 0.15) is 16.2 Å². The number of carbonyl (C=O) groups excluding carboxylic acids is 1. The molecule has 0 atom stereocenters. The molecule has 3 rings (SSSR count). The van der Waals surface area contributed by atoms with Gasteiger partial charge in [0.05, 0.1) is 5.56 Å². The topological polar surface area (TPSA) is 114 Å². The van der Waals surface area contributed by atoms with E-state index in [2.05, 4.69) is 10.2 Å². The number of amides is 1. The molecule has 1 amide bonds. The summed E-state index contributed by atoms with van der Waals surface area (Å²) >= 11 is 0. The van der Waals surface area contributed by atoms with E-state index >= 15 is 0 Å². The summed E-state index contributed by atoms with van der Waals surface area (Å²) in [7, 11) is 0. The Bertz CT molecular complexity index is 733. The number of aromatic hydroxyl groups is 2. The molecule has 1 aliphatic rings. The van der Waals surface area contributed by atoms with Crippen molar-refractivity contribution in [3.8, 4) is 22.9 Å². The lowest BCUT2D eigenvalue weighted by atomic mass is 10.0. The van der Waals surface area contributed by atoms with E-state index in [4.69, 9.17) is 5.73 Å². The third-order valence-electron chi connectivity index (χ3n) is 3.17. The molecule has 0 bridgehead atoms. The molecule has 1 aromatic carbocycles. The van der Waals surface area contributed by atoms with Gasteiger partial charge in [-0.15, -0.1) is 10.2 Å². The van der Waals surface area contributed by atoms with E-state index in [0.29, 0.717) is 29.9 Å². The van der Waals surface area contributed by atoms with Crippen LogP contribution in [0.5, 0.6) is 11.5 Å². The predicted octanol–water partition coefficient (Wildman–Crippen LogP) is 0.567. The van der Waals surface area contributed by atoms with E-state index in [-0.39, 0.29) is 17.3 Å². The molecule has 2 aromatic rings. The van der Waals surface area contributed by atoms with E-state index in [0.717, 1.165) is 0 Å². The third kappa shape index (κ3) is 1.80. The van der Waals surface area contributed by atoms with Crippen LogP contribution in [0, 0.1) is 0 Å². The van der Waals surface area contributed by atoms with Crippen LogP contribution in [0.2, 0.25) is 0 Å².